The molecule has 0 aliphatic carbocycles. The highest BCUT2D eigenvalue weighted by molar-refractivity contribution is 7.65. The molecule has 20 N–H and O–H groups in total. The van der Waals surface area contributed by atoms with Gasteiger partial charge in [0.25, 0.3) is 59.5 Å². The summed E-state index contributed by atoms with van der Waals surface area (Å²) in [7, 11) is -28.4. The van der Waals surface area contributed by atoms with Crippen molar-refractivity contribution in [3.63, 3.8) is 0 Å². The predicted molar refractivity (Wildman–Crippen MR) is 412 cm³/mol. The zero-order valence-corrected chi connectivity index (χ0v) is 73.2. The Balaban J connectivity index is 0.000000208. The number of phosphoric ester groups is 3. The van der Waals surface area contributed by atoms with Crippen molar-refractivity contribution < 1.29 is 165 Å². The SMILES string of the molecule is CC[NH+](CC)CC.CC[NH+](CC)CC.CN1CN([C@@H]2O[C@H](COP(=O)([O-])OP(=O)([O-])OP(=O)([O-])OC[C@H]3O[C@@H]([n+]4cn(C)c5c(=O)[nH]c(N)nc54)C(O)[C@H]3O)C(O)C2F)c2nc(N)[nH]c(=O)c21.CN1CN([C@@H]2O[C@H](COP(=O)([O-])OP(=O)([O-])[O-])[C@H](O)C2F)c2nc(N)[nH]c(=O)c21.CN1CN([C@@H]2O[C@H](COP(=O)([O-])n3ccnc3)[C@H](O)C2O)c2nc(N)[nH]c(=O)c21. The molecule has 13 heterocycles. The number of aliphatic hydroxyl groups is 6. The first-order valence-corrected chi connectivity index (χ1v) is 46.4. The first-order chi connectivity index (χ1) is 58.2. The number of aromatic nitrogens is 12. The van der Waals surface area contributed by atoms with Crippen molar-refractivity contribution in [2.45, 2.75) is 140 Å². The van der Waals surface area contributed by atoms with E-state index in [0.29, 0.717) is 0 Å². The van der Waals surface area contributed by atoms with Gasteiger partial charge in [-0.1, -0.05) is 4.98 Å². The second-order valence-electron chi connectivity index (χ2n) is 28.3. The van der Waals surface area contributed by atoms with E-state index < -0.39 is 194 Å². The van der Waals surface area contributed by atoms with E-state index in [0.717, 1.165) is 20.1 Å². The number of alkyl halides is 2. The molecular formula is C59H96F2N24O34P6-4. The Morgan fingerprint density at radius 1 is 0.480 bits per heavy atom. The van der Waals surface area contributed by atoms with Crippen molar-refractivity contribution in [2.24, 2.45) is 7.05 Å². The smallest absolute Gasteiger partial charge is 0.313 e. The minimum absolute atomic E-state index is 0.0106. The van der Waals surface area contributed by atoms with E-state index in [1.54, 1.807) is 21.7 Å². The summed E-state index contributed by atoms with van der Waals surface area (Å²) in [6.45, 7) is 16.8. The number of hydrogen-bond acceptors (Lipinski definition) is 49. The molecule has 7 aliphatic rings. The number of nitrogen functional groups attached to an aromatic ring is 4. The van der Waals surface area contributed by atoms with E-state index in [1.165, 1.54) is 103 Å². The normalized spacial score (nSPS) is 27.6. The largest absolute Gasteiger partial charge is 0.790 e. The Hall–Kier alpha value is -7.60. The molecule has 4 fully saturated rings. The molecule has 0 bridgehead atoms. The van der Waals surface area contributed by atoms with Crippen molar-refractivity contribution in [3.05, 3.63) is 66.5 Å². The van der Waals surface area contributed by atoms with E-state index >= 15 is 4.39 Å². The number of aliphatic hydroxyl groups excluding tert-OH is 6. The number of aryl methyl sites for hydroxylation is 1. The van der Waals surface area contributed by atoms with Crippen LogP contribution in [0, 0.1) is 0 Å². The molecule has 0 saturated carbocycles. The van der Waals surface area contributed by atoms with Gasteiger partial charge in [-0.05, 0) is 41.5 Å². The van der Waals surface area contributed by atoms with Crippen LogP contribution in [0.15, 0.2) is 44.2 Å². The summed E-state index contributed by atoms with van der Waals surface area (Å²) in [6.07, 6.45) is -22.0. The summed E-state index contributed by atoms with van der Waals surface area (Å²) in [6, 6.07) is 0. The average molecular weight is 1910 g/mol. The van der Waals surface area contributed by atoms with E-state index in [4.69, 9.17) is 46.4 Å². The molecule has 58 nitrogen and oxygen atoms in total. The Kier molecular flexibility index (Phi) is 33.2. The predicted octanol–water partition coefficient (Wildman–Crippen LogP) is -12.4. The lowest BCUT2D eigenvalue weighted by Crippen LogP contribution is -3.11. The van der Waals surface area contributed by atoms with Gasteiger partial charge in [-0.3, -0.25) is 75.2 Å². The molecule has 7 aliphatic heterocycles. The monoisotopic (exact) mass is 1910 g/mol. The highest BCUT2D eigenvalue weighted by Crippen LogP contribution is 2.63. The molecule has 6 aromatic rings. The maximum Gasteiger partial charge on any atom is 0.313 e. The molecule has 4 saturated heterocycles. The van der Waals surface area contributed by atoms with Gasteiger partial charge in [0.1, 0.15) is 84.4 Å². The number of hydrogen-bond donors (Lipinski definition) is 16. The zero-order chi connectivity index (χ0) is 93.0. The number of nitrogens with zero attached hydrogens (tertiary/aromatic N) is 14. The third-order valence-electron chi connectivity index (χ3n) is 20.0. The van der Waals surface area contributed by atoms with Gasteiger partial charge in [0.05, 0.1) is 101 Å². The van der Waals surface area contributed by atoms with Crippen molar-refractivity contribution in [1.29, 1.82) is 0 Å². The second kappa shape index (κ2) is 41.0. The van der Waals surface area contributed by atoms with Gasteiger partial charge < -0.3 is 169 Å². The lowest BCUT2D eigenvalue weighted by molar-refractivity contribution is -0.894. The number of rotatable bonds is 29. The lowest BCUT2D eigenvalue weighted by atomic mass is 10.1. The summed E-state index contributed by atoms with van der Waals surface area (Å²) in [5.74, 6) is -0.935. The molecule has 66 heteroatoms. The lowest BCUT2D eigenvalue weighted by Gasteiger charge is -2.35. The summed E-state index contributed by atoms with van der Waals surface area (Å²) < 4.78 is 154. The van der Waals surface area contributed by atoms with Crippen LogP contribution in [0.25, 0.3) is 11.2 Å². The number of aromatic amines is 4. The molecule has 125 heavy (non-hydrogen) atoms. The molecule has 10 unspecified atom stereocenters. The van der Waals surface area contributed by atoms with Crippen molar-refractivity contribution >= 4 is 116 Å². The van der Waals surface area contributed by atoms with Crippen LogP contribution < -0.4 is 123 Å². The molecule has 0 spiro atoms. The molecule has 0 aromatic carbocycles. The zero-order valence-electron chi connectivity index (χ0n) is 67.9. The number of H-pyrrole nitrogens is 4. The van der Waals surface area contributed by atoms with Gasteiger partial charge in [0.15, 0.2) is 54.8 Å². The Morgan fingerprint density at radius 3 is 1.20 bits per heavy atom. The first kappa shape index (κ1) is 101. The summed E-state index contributed by atoms with van der Waals surface area (Å²) in [5.41, 5.74) is 20.1. The number of quaternary nitrogens is 2. The number of anilines is 10. The fourth-order valence-electron chi connectivity index (χ4n) is 13.7. The average Bonchev–Trinajstić information content (AvgIpc) is 1.62. The van der Waals surface area contributed by atoms with Crippen LogP contribution in [0.3, 0.4) is 0 Å². The van der Waals surface area contributed by atoms with Gasteiger partial charge in [-0.15, -0.1) is 0 Å². The van der Waals surface area contributed by atoms with E-state index in [-0.39, 0.29) is 89.5 Å². The maximum atomic E-state index is 15.1. The minimum Gasteiger partial charge on any atom is -0.790 e. The summed E-state index contributed by atoms with van der Waals surface area (Å²) in [4.78, 5) is 170. The molecule has 0 radical (unpaired) electrons. The Labute approximate surface area is 705 Å². The van der Waals surface area contributed by atoms with Gasteiger partial charge in [0, 0.05) is 33.5 Å². The van der Waals surface area contributed by atoms with E-state index in [1.807, 2.05) is 0 Å². The third kappa shape index (κ3) is 24.1. The van der Waals surface area contributed by atoms with Crippen molar-refractivity contribution in [3.8, 4) is 0 Å². The van der Waals surface area contributed by atoms with E-state index in [9.17, 15) is 116 Å². The molecule has 21 atom stereocenters. The molecule has 704 valence electrons. The quantitative estimate of drug-likeness (QED) is 0.0153. The van der Waals surface area contributed by atoms with Crippen LogP contribution in [0.2, 0.25) is 0 Å². The van der Waals surface area contributed by atoms with Crippen LogP contribution in [0.5, 0.6) is 0 Å². The number of fused-ring (bicyclic) bond motifs is 4. The number of nitrogens with one attached hydrogen (secondary N) is 6. The molecule has 13 rings (SSSR count). The summed E-state index contributed by atoms with van der Waals surface area (Å²) in [5, 5.41) is 62.2. The van der Waals surface area contributed by atoms with Gasteiger partial charge in [-0.25, -0.2) is 27.0 Å². The molecule has 0 amide bonds. The number of imidazole rings is 2. The first-order valence-electron chi connectivity index (χ1n) is 37.6. The molecular weight excluding hydrogens is 1810 g/mol. The molecule has 6 aromatic heterocycles. The van der Waals surface area contributed by atoms with Gasteiger partial charge in [-0.2, -0.15) is 15.0 Å². The minimum atomic E-state index is -6.40. The number of phosphoric acid groups is 5. The van der Waals surface area contributed by atoms with Gasteiger partial charge >= 0.3 is 5.65 Å². The van der Waals surface area contributed by atoms with Crippen LogP contribution in [0.4, 0.5) is 67.1 Å². The third-order valence-corrected chi connectivity index (χ3v) is 27.4. The standard InChI is InChI=1S/C22H32FN10O17P3.C14H20N7O7P.C11H18FN5O10P2.2C6H15N/c1-30-5-32(15-10(30)17(37)28-21(24)26-15)19-9(23)12(34)7(47-19)3-45-51(39,40)49-53(43,44)50-52(41,42)46-4-8-13(35)14(36)20(48-8)33-6-31(2)11-16(33)27-22(25)29-18(11)38;1-19-6-21(11-8(19)12(24)18-14(15)17-11)13-10(23)9(22)7(28-13)4-27-29(25,26)20-3-2-16-5-20;1-16-3-17(8-6(16)9(19)15-11(13)14-8)10-5(12)7(18)4(26-10)2-25-29(23,24)27-28(20,21)22;2*1-4-7(5-2)6-3/h6-9,12-14,19-20,34-36H,3-5H2,1-2H3,(H8-,24,25,26,27,28,29,37,38,39,40,41,42,43,44);2-3,5,7,9-10,13,22-23H,4,6H2,1H3,(H,25,26)(H3,15,17,18,24);4-5,7,10,18H,2-3H2,1H3,(H,23,24)(H2,20,21,22)(H3,13,14,15,19);2*4-6H2,1-3H3/p-4/t7-,8-,9?,12?,13+,14?,19-,20-;7-,9+,10?,13-;4-,5?,7+,10-;;/m111../s1. The second-order valence-corrected chi connectivity index (χ2v) is 37.2. The van der Waals surface area contributed by atoms with Crippen LogP contribution >= 0.6 is 46.9 Å². The fourth-order valence-corrected chi connectivity index (χ4v) is 19.4. The number of ether oxygens (including phenoxy) is 4. The number of nitrogens with two attached hydrogens (primary N) is 4. The topological polar surface area (TPSA) is 829 Å². The van der Waals surface area contributed by atoms with Crippen molar-refractivity contribution in [1.82, 2.24) is 53.8 Å². The summed E-state index contributed by atoms with van der Waals surface area (Å²) >= 11 is 0. The highest BCUT2D eigenvalue weighted by Gasteiger charge is 2.54. The van der Waals surface area contributed by atoms with Crippen molar-refractivity contribution in [2.75, 3.05) is 159 Å². The van der Waals surface area contributed by atoms with Crippen LogP contribution in [-0.4, -0.2) is 283 Å². The van der Waals surface area contributed by atoms with Crippen LogP contribution in [-0.2, 0) is 84.4 Å². The fraction of sp³-hybridized carbons (Fsp3) is 0.661. The highest BCUT2D eigenvalue weighted by atomic mass is 31.3. The van der Waals surface area contributed by atoms with Gasteiger partial charge in [0.2, 0.25) is 37.3 Å². The Morgan fingerprint density at radius 2 is 0.824 bits per heavy atom. The maximum absolute atomic E-state index is 15.1. The van der Waals surface area contributed by atoms with Crippen LogP contribution in [0.1, 0.15) is 47.8 Å². The van der Waals surface area contributed by atoms with E-state index in [2.05, 4.69) is 113 Å². The Bertz CT molecular complexity index is 5250. The number of halogens is 2.